The van der Waals surface area contributed by atoms with Gasteiger partial charge in [-0.3, -0.25) is 14.6 Å². The summed E-state index contributed by atoms with van der Waals surface area (Å²) in [5, 5.41) is 13.6. The second kappa shape index (κ2) is 8.54. The number of aromatic nitrogens is 3. The Balaban J connectivity index is 1.31. The largest absolute Gasteiger partial charge is 0.497 e. The summed E-state index contributed by atoms with van der Waals surface area (Å²) < 4.78 is 5.26. The molecule has 0 radical (unpaired) electrons. The lowest BCUT2D eigenvalue weighted by atomic mass is 10.1. The molecular formula is C23H21ClN6O4. The highest BCUT2D eigenvalue weighted by Crippen LogP contribution is 2.34. The second-order valence-corrected chi connectivity index (χ2v) is 8.59. The third-order valence-corrected chi connectivity index (χ3v) is 6.29. The van der Waals surface area contributed by atoms with Crippen LogP contribution in [0.15, 0.2) is 36.7 Å². The number of nitrogens with two attached hydrogens (primary N) is 1. The highest BCUT2D eigenvalue weighted by molar-refractivity contribution is 6.32. The SMILES string of the molecule is COc1ccc2c(c1)[C@H](NC(=O)CN1Cc3ncc(-c4nc(N)ncc4Cl)cc3C1=O)[C@H](O)C2. The van der Waals surface area contributed by atoms with Gasteiger partial charge in [0, 0.05) is 18.2 Å². The molecule has 2 amide bonds. The fourth-order valence-electron chi connectivity index (χ4n) is 4.36. The minimum absolute atomic E-state index is 0.0535. The van der Waals surface area contributed by atoms with Gasteiger partial charge in [0.25, 0.3) is 5.91 Å². The van der Waals surface area contributed by atoms with Crippen molar-refractivity contribution in [2.24, 2.45) is 0 Å². The Bertz CT molecular complexity index is 1320. The second-order valence-electron chi connectivity index (χ2n) is 8.19. The minimum atomic E-state index is -0.758. The first kappa shape index (κ1) is 22.1. The van der Waals surface area contributed by atoms with E-state index < -0.39 is 12.1 Å². The third kappa shape index (κ3) is 3.91. The average Bonchev–Trinajstić information content (AvgIpc) is 3.30. The third-order valence-electron chi connectivity index (χ3n) is 6.02. The summed E-state index contributed by atoms with van der Waals surface area (Å²) in [5.74, 6) is -0.0121. The molecule has 0 saturated carbocycles. The summed E-state index contributed by atoms with van der Waals surface area (Å²) in [7, 11) is 1.56. The molecule has 11 heteroatoms. The minimum Gasteiger partial charge on any atom is -0.497 e. The zero-order chi connectivity index (χ0) is 24.0. The van der Waals surface area contributed by atoms with Crippen LogP contribution in [0.5, 0.6) is 5.75 Å². The zero-order valence-corrected chi connectivity index (χ0v) is 18.9. The first-order chi connectivity index (χ1) is 16.3. The topological polar surface area (TPSA) is 144 Å². The number of nitrogens with zero attached hydrogens (tertiary/aromatic N) is 4. The molecule has 0 spiro atoms. The van der Waals surface area contributed by atoms with Crippen molar-refractivity contribution < 1.29 is 19.4 Å². The predicted molar refractivity (Wildman–Crippen MR) is 123 cm³/mol. The highest BCUT2D eigenvalue weighted by atomic mass is 35.5. The molecule has 0 saturated heterocycles. The molecule has 2 atom stereocenters. The van der Waals surface area contributed by atoms with E-state index in [0.717, 1.165) is 11.1 Å². The van der Waals surface area contributed by atoms with Gasteiger partial charge in [0.15, 0.2) is 0 Å². The quantitative estimate of drug-likeness (QED) is 0.498. The predicted octanol–water partition coefficient (Wildman–Crippen LogP) is 1.51. The molecule has 34 heavy (non-hydrogen) atoms. The maximum absolute atomic E-state index is 13.0. The maximum Gasteiger partial charge on any atom is 0.256 e. The molecule has 5 rings (SSSR count). The van der Waals surface area contributed by atoms with Gasteiger partial charge in [-0.05, 0) is 29.3 Å². The van der Waals surface area contributed by atoms with Crippen molar-refractivity contribution in [1.82, 2.24) is 25.2 Å². The summed E-state index contributed by atoms with van der Waals surface area (Å²) in [5.41, 5.74) is 9.24. The number of nitrogens with one attached hydrogen (secondary N) is 1. The number of carbonyl (C=O) groups is 2. The van der Waals surface area contributed by atoms with Crippen LogP contribution in [0, 0.1) is 0 Å². The van der Waals surface area contributed by atoms with Crippen LogP contribution in [-0.4, -0.2) is 56.5 Å². The molecule has 174 valence electrons. The van der Waals surface area contributed by atoms with Crippen molar-refractivity contribution in [3.05, 3.63) is 64.1 Å². The van der Waals surface area contributed by atoms with Crippen LogP contribution in [0.1, 0.15) is 33.2 Å². The monoisotopic (exact) mass is 480 g/mol. The zero-order valence-electron chi connectivity index (χ0n) is 18.2. The Morgan fingerprint density at radius 3 is 2.94 bits per heavy atom. The molecule has 0 fully saturated rings. The number of hydrogen-bond donors (Lipinski definition) is 3. The van der Waals surface area contributed by atoms with Crippen LogP contribution in [0.2, 0.25) is 5.02 Å². The molecule has 1 aromatic carbocycles. The summed E-state index contributed by atoms with van der Waals surface area (Å²) in [4.78, 5) is 39.6. The van der Waals surface area contributed by atoms with E-state index in [9.17, 15) is 14.7 Å². The molecule has 0 bridgehead atoms. The number of benzene rings is 1. The number of rotatable bonds is 5. The fraction of sp³-hybridized carbons (Fsp3) is 0.261. The number of amides is 2. The van der Waals surface area contributed by atoms with Gasteiger partial charge in [-0.25, -0.2) is 9.97 Å². The van der Waals surface area contributed by atoms with Crippen molar-refractivity contribution in [1.29, 1.82) is 0 Å². The van der Waals surface area contributed by atoms with Gasteiger partial charge in [-0.15, -0.1) is 0 Å². The van der Waals surface area contributed by atoms with Crippen LogP contribution in [0.25, 0.3) is 11.3 Å². The number of fused-ring (bicyclic) bond motifs is 2. The Kier molecular flexibility index (Phi) is 5.54. The normalized spacial score (nSPS) is 18.6. The Morgan fingerprint density at radius 2 is 2.15 bits per heavy atom. The van der Waals surface area contributed by atoms with Crippen LogP contribution in [0.4, 0.5) is 5.95 Å². The summed E-state index contributed by atoms with van der Waals surface area (Å²) >= 11 is 6.18. The number of aliphatic hydroxyl groups excluding tert-OH is 1. The van der Waals surface area contributed by atoms with E-state index in [1.165, 1.54) is 11.1 Å². The Hall–Kier alpha value is -3.76. The molecule has 10 nitrogen and oxygen atoms in total. The molecule has 4 N–H and O–H groups in total. The van der Waals surface area contributed by atoms with Crippen molar-refractivity contribution in [3.8, 4) is 17.0 Å². The van der Waals surface area contributed by atoms with E-state index in [1.807, 2.05) is 18.2 Å². The lowest BCUT2D eigenvalue weighted by Gasteiger charge is -2.21. The smallest absolute Gasteiger partial charge is 0.256 e. The van der Waals surface area contributed by atoms with Crippen LogP contribution >= 0.6 is 11.6 Å². The first-order valence-electron chi connectivity index (χ1n) is 10.5. The standard InChI is InChI=1S/C23H21ClN6O4/c1-34-13-3-2-11-5-18(31)21(14(11)6-13)28-19(32)10-30-9-17-15(22(30)33)4-12(7-26-17)20-16(24)8-27-23(25)29-20/h2-4,6-8,18,21,31H,5,9-10H2,1H3,(H,28,32)(H2,25,27,29)/t18-,21+/m1/s1. The summed E-state index contributed by atoms with van der Waals surface area (Å²) in [6.45, 7) is 0.0212. The lowest BCUT2D eigenvalue weighted by molar-refractivity contribution is -0.123. The number of halogens is 1. The number of pyridine rings is 1. The average molecular weight is 481 g/mol. The van der Waals surface area contributed by atoms with E-state index in [-0.39, 0.29) is 35.9 Å². The summed E-state index contributed by atoms with van der Waals surface area (Å²) in [6.07, 6.45) is 2.62. The van der Waals surface area contributed by atoms with E-state index in [2.05, 4.69) is 20.3 Å². The van der Waals surface area contributed by atoms with Crippen molar-refractivity contribution in [2.45, 2.75) is 25.1 Å². The number of ether oxygens (including phenoxy) is 1. The molecule has 3 heterocycles. The molecule has 2 aromatic heterocycles. The number of nitrogen functional groups attached to an aromatic ring is 1. The number of methoxy groups -OCH3 is 1. The summed E-state index contributed by atoms with van der Waals surface area (Å²) in [6, 6.07) is 6.57. The molecule has 0 unspecified atom stereocenters. The van der Waals surface area contributed by atoms with Gasteiger partial charge >= 0.3 is 0 Å². The van der Waals surface area contributed by atoms with Crippen molar-refractivity contribution >= 4 is 29.4 Å². The van der Waals surface area contributed by atoms with E-state index >= 15 is 0 Å². The van der Waals surface area contributed by atoms with Crippen LogP contribution in [-0.2, 0) is 17.8 Å². The molecule has 1 aliphatic heterocycles. The van der Waals surface area contributed by atoms with Gasteiger partial charge in [-0.1, -0.05) is 17.7 Å². The number of hydrogen-bond acceptors (Lipinski definition) is 8. The molecule has 2 aliphatic rings. The van der Waals surface area contributed by atoms with Crippen molar-refractivity contribution in [2.75, 3.05) is 19.4 Å². The van der Waals surface area contributed by atoms with Crippen LogP contribution < -0.4 is 15.8 Å². The van der Waals surface area contributed by atoms with Gasteiger partial charge in [-0.2, -0.15) is 0 Å². The van der Waals surface area contributed by atoms with E-state index in [4.69, 9.17) is 22.1 Å². The highest BCUT2D eigenvalue weighted by Gasteiger charge is 2.35. The van der Waals surface area contributed by atoms with Gasteiger partial charge in [0.1, 0.15) is 12.3 Å². The van der Waals surface area contributed by atoms with E-state index in [0.29, 0.717) is 34.7 Å². The lowest BCUT2D eigenvalue weighted by Crippen LogP contribution is -2.41. The number of anilines is 1. The number of aliphatic hydroxyl groups is 1. The Morgan fingerprint density at radius 1 is 1.32 bits per heavy atom. The Labute approximate surface area is 199 Å². The molecular weight excluding hydrogens is 460 g/mol. The van der Waals surface area contributed by atoms with Crippen molar-refractivity contribution in [3.63, 3.8) is 0 Å². The maximum atomic E-state index is 13.0. The van der Waals surface area contributed by atoms with Crippen LogP contribution in [0.3, 0.4) is 0 Å². The van der Waals surface area contributed by atoms with E-state index in [1.54, 1.807) is 19.4 Å². The molecule has 3 aromatic rings. The van der Waals surface area contributed by atoms with Gasteiger partial charge < -0.3 is 25.8 Å². The number of carbonyl (C=O) groups excluding carboxylic acids is 2. The van der Waals surface area contributed by atoms with Gasteiger partial charge in [0.2, 0.25) is 11.9 Å². The van der Waals surface area contributed by atoms with Gasteiger partial charge in [0.05, 0.1) is 54.0 Å². The first-order valence-corrected chi connectivity index (χ1v) is 10.9. The fourth-order valence-corrected chi connectivity index (χ4v) is 4.56. The molecule has 1 aliphatic carbocycles.